The Balaban J connectivity index is 1.47. The second-order valence-corrected chi connectivity index (χ2v) is 6.59. The molecule has 144 valence electrons. The van der Waals surface area contributed by atoms with Gasteiger partial charge in [0.1, 0.15) is 25.4 Å². The van der Waals surface area contributed by atoms with Gasteiger partial charge in [-0.25, -0.2) is 4.79 Å². The Morgan fingerprint density at radius 2 is 1.79 bits per heavy atom. The molecule has 4 rings (SSSR count). The van der Waals surface area contributed by atoms with Gasteiger partial charge in [-0.1, -0.05) is 25.1 Å². The summed E-state index contributed by atoms with van der Waals surface area (Å²) >= 11 is 0. The lowest BCUT2D eigenvalue weighted by atomic mass is 10.1. The van der Waals surface area contributed by atoms with E-state index in [-0.39, 0.29) is 19.0 Å². The van der Waals surface area contributed by atoms with Crippen molar-refractivity contribution in [1.29, 1.82) is 0 Å². The molecule has 0 fully saturated rings. The Bertz CT molecular complexity index is 1080. The molecule has 6 heteroatoms. The van der Waals surface area contributed by atoms with Crippen molar-refractivity contribution in [3.05, 3.63) is 69.6 Å². The van der Waals surface area contributed by atoms with Crippen molar-refractivity contribution in [2.24, 2.45) is 0 Å². The average molecular weight is 380 g/mol. The second-order valence-electron chi connectivity index (χ2n) is 6.59. The van der Waals surface area contributed by atoms with Crippen molar-refractivity contribution in [2.45, 2.75) is 26.4 Å². The number of hydrogen-bond acceptors (Lipinski definition) is 6. The third-order valence-corrected chi connectivity index (χ3v) is 4.65. The molecular weight excluding hydrogens is 360 g/mol. The Morgan fingerprint density at radius 3 is 2.61 bits per heavy atom. The predicted octanol–water partition coefficient (Wildman–Crippen LogP) is 3.41. The minimum Gasteiger partial charge on any atom is -0.486 e. The molecule has 6 nitrogen and oxygen atoms in total. The quantitative estimate of drug-likeness (QED) is 0.499. The first-order valence-corrected chi connectivity index (χ1v) is 9.22. The standard InChI is InChI=1S/C22H20O6/c1-2-14-3-5-17-16(12-22(24)28-19(17)9-14)13-27-21(23)11-15-4-6-18-20(10-15)26-8-7-25-18/h3-6,9-10,12H,2,7-8,11,13H2,1H3. The number of esters is 1. The van der Waals surface area contributed by atoms with Gasteiger partial charge in [-0.05, 0) is 35.7 Å². The van der Waals surface area contributed by atoms with Gasteiger partial charge in [0, 0.05) is 17.0 Å². The Morgan fingerprint density at radius 1 is 1.00 bits per heavy atom. The van der Waals surface area contributed by atoms with Crippen LogP contribution in [0, 0.1) is 0 Å². The molecule has 3 aromatic rings. The zero-order valence-corrected chi connectivity index (χ0v) is 15.5. The maximum absolute atomic E-state index is 12.3. The Kier molecular flexibility index (Phi) is 5.02. The van der Waals surface area contributed by atoms with E-state index in [9.17, 15) is 9.59 Å². The van der Waals surface area contributed by atoms with Crippen LogP contribution in [0.15, 0.2) is 51.7 Å². The summed E-state index contributed by atoms with van der Waals surface area (Å²) in [5, 5.41) is 0.768. The molecule has 0 saturated heterocycles. The lowest BCUT2D eigenvalue weighted by molar-refractivity contribution is -0.144. The predicted molar refractivity (Wildman–Crippen MR) is 103 cm³/mol. The fourth-order valence-electron chi connectivity index (χ4n) is 3.19. The van der Waals surface area contributed by atoms with Gasteiger partial charge >= 0.3 is 11.6 Å². The molecule has 0 spiro atoms. The van der Waals surface area contributed by atoms with Crippen LogP contribution in [-0.2, 0) is 29.0 Å². The number of hydrogen-bond donors (Lipinski definition) is 0. The largest absolute Gasteiger partial charge is 0.486 e. The minimum atomic E-state index is -0.460. The van der Waals surface area contributed by atoms with E-state index in [2.05, 4.69) is 0 Å². The van der Waals surface area contributed by atoms with E-state index in [0.717, 1.165) is 22.9 Å². The van der Waals surface area contributed by atoms with Crippen LogP contribution < -0.4 is 15.1 Å². The number of benzene rings is 2. The Hall–Kier alpha value is -3.28. The van der Waals surface area contributed by atoms with E-state index in [1.165, 1.54) is 6.07 Å². The fourth-order valence-corrected chi connectivity index (χ4v) is 3.19. The molecule has 0 saturated carbocycles. The van der Waals surface area contributed by atoms with Crippen LogP contribution in [0.4, 0.5) is 0 Å². The van der Waals surface area contributed by atoms with Crippen LogP contribution in [0.1, 0.15) is 23.6 Å². The molecule has 0 radical (unpaired) electrons. The highest BCUT2D eigenvalue weighted by atomic mass is 16.6. The van der Waals surface area contributed by atoms with Crippen LogP contribution in [0.5, 0.6) is 11.5 Å². The zero-order chi connectivity index (χ0) is 19.5. The third kappa shape index (κ3) is 3.86. The average Bonchev–Trinajstić information content (AvgIpc) is 2.71. The monoisotopic (exact) mass is 380 g/mol. The molecule has 1 aliphatic rings. The summed E-state index contributed by atoms with van der Waals surface area (Å²) in [6, 6.07) is 12.5. The SMILES string of the molecule is CCc1ccc2c(COC(=O)Cc3ccc4c(c3)OCCO4)cc(=O)oc2c1. The Labute approximate surface area is 161 Å². The number of ether oxygens (including phenoxy) is 3. The number of rotatable bonds is 5. The lowest BCUT2D eigenvalue weighted by Gasteiger charge is -2.18. The molecule has 0 bridgehead atoms. The van der Waals surface area contributed by atoms with Gasteiger partial charge in [0.2, 0.25) is 0 Å². The summed E-state index contributed by atoms with van der Waals surface area (Å²) in [5.41, 5.74) is 2.52. The smallest absolute Gasteiger partial charge is 0.336 e. The van der Waals surface area contributed by atoms with Gasteiger partial charge in [0.05, 0.1) is 6.42 Å². The van der Waals surface area contributed by atoms with Gasteiger partial charge in [-0.3, -0.25) is 4.79 Å². The molecule has 0 atom stereocenters. The van der Waals surface area contributed by atoms with E-state index < -0.39 is 5.63 Å². The summed E-state index contributed by atoms with van der Waals surface area (Å²) in [6.07, 6.45) is 0.949. The fraction of sp³-hybridized carbons (Fsp3) is 0.273. The van der Waals surface area contributed by atoms with Crippen LogP contribution >= 0.6 is 0 Å². The maximum atomic E-state index is 12.3. The molecule has 0 unspecified atom stereocenters. The first-order valence-electron chi connectivity index (χ1n) is 9.22. The topological polar surface area (TPSA) is 75.0 Å². The summed E-state index contributed by atoms with van der Waals surface area (Å²) in [7, 11) is 0. The third-order valence-electron chi connectivity index (χ3n) is 4.65. The molecular formula is C22H20O6. The van der Waals surface area contributed by atoms with Crippen molar-refractivity contribution in [1.82, 2.24) is 0 Å². The van der Waals surface area contributed by atoms with E-state index >= 15 is 0 Å². The van der Waals surface area contributed by atoms with Crippen molar-refractivity contribution in [3.63, 3.8) is 0 Å². The summed E-state index contributed by atoms with van der Waals surface area (Å²) in [4.78, 5) is 24.1. The highest BCUT2D eigenvalue weighted by Gasteiger charge is 2.14. The van der Waals surface area contributed by atoms with Gasteiger partial charge in [-0.2, -0.15) is 0 Å². The molecule has 0 aliphatic carbocycles. The number of carbonyl (C=O) groups excluding carboxylic acids is 1. The van der Waals surface area contributed by atoms with Gasteiger partial charge in [0.15, 0.2) is 11.5 Å². The molecule has 0 N–H and O–H groups in total. The molecule has 2 aromatic carbocycles. The zero-order valence-electron chi connectivity index (χ0n) is 15.5. The van der Waals surface area contributed by atoms with E-state index in [1.807, 2.05) is 31.2 Å². The van der Waals surface area contributed by atoms with Gasteiger partial charge in [0.25, 0.3) is 0 Å². The highest BCUT2D eigenvalue weighted by molar-refractivity contribution is 5.81. The molecule has 0 amide bonds. The van der Waals surface area contributed by atoms with Gasteiger partial charge < -0.3 is 18.6 Å². The molecule has 1 aromatic heterocycles. The van der Waals surface area contributed by atoms with Crippen LogP contribution in [0.25, 0.3) is 11.0 Å². The molecule has 2 heterocycles. The summed E-state index contributed by atoms with van der Waals surface area (Å²) in [5.74, 6) is 0.926. The van der Waals surface area contributed by atoms with Gasteiger partial charge in [-0.15, -0.1) is 0 Å². The molecule has 1 aliphatic heterocycles. The van der Waals surface area contributed by atoms with Crippen LogP contribution in [-0.4, -0.2) is 19.2 Å². The van der Waals surface area contributed by atoms with E-state index in [4.69, 9.17) is 18.6 Å². The summed E-state index contributed by atoms with van der Waals surface area (Å²) in [6.45, 7) is 3.05. The molecule has 28 heavy (non-hydrogen) atoms. The van der Waals surface area contributed by atoms with Crippen LogP contribution in [0.3, 0.4) is 0 Å². The minimum absolute atomic E-state index is 0.0109. The van der Waals surface area contributed by atoms with Crippen LogP contribution in [0.2, 0.25) is 0 Å². The first kappa shape index (κ1) is 18.1. The van der Waals surface area contributed by atoms with Crippen molar-refractivity contribution in [2.75, 3.05) is 13.2 Å². The highest BCUT2D eigenvalue weighted by Crippen LogP contribution is 2.31. The summed E-state index contributed by atoms with van der Waals surface area (Å²) < 4.78 is 21.7. The normalized spacial score (nSPS) is 12.8. The number of aryl methyl sites for hydroxylation is 1. The maximum Gasteiger partial charge on any atom is 0.336 e. The van der Waals surface area contributed by atoms with E-state index in [0.29, 0.717) is 35.9 Å². The second kappa shape index (κ2) is 7.76. The number of fused-ring (bicyclic) bond motifs is 2. The van der Waals surface area contributed by atoms with E-state index in [1.54, 1.807) is 12.1 Å². The van der Waals surface area contributed by atoms with Crippen molar-refractivity contribution in [3.8, 4) is 11.5 Å². The first-order chi connectivity index (χ1) is 13.6. The lowest BCUT2D eigenvalue weighted by Crippen LogP contribution is -2.16. The van der Waals surface area contributed by atoms with Crippen molar-refractivity contribution >= 4 is 16.9 Å². The van der Waals surface area contributed by atoms with Crippen molar-refractivity contribution < 1.29 is 23.4 Å². The number of carbonyl (C=O) groups is 1.